The summed E-state index contributed by atoms with van der Waals surface area (Å²) in [4.78, 5) is 26.2. The van der Waals surface area contributed by atoms with Gasteiger partial charge in [0.25, 0.3) is 0 Å². The lowest BCUT2D eigenvalue weighted by molar-refractivity contribution is -0.122. The number of rotatable bonds is 6. The van der Waals surface area contributed by atoms with Gasteiger partial charge >= 0.3 is 0 Å². The number of hydrogen-bond acceptors (Lipinski definition) is 3. The molecule has 2 aromatic carbocycles. The average molecular weight is 394 g/mol. The summed E-state index contributed by atoms with van der Waals surface area (Å²) in [6.45, 7) is 3.77. The molecule has 0 aliphatic rings. The molecule has 5 nitrogen and oxygen atoms in total. The summed E-state index contributed by atoms with van der Waals surface area (Å²) in [5.41, 5.74) is 2.27. The van der Waals surface area contributed by atoms with Gasteiger partial charge in [-0.05, 0) is 51.2 Å². The zero-order valence-corrected chi connectivity index (χ0v) is 16.4. The molecule has 1 unspecified atom stereocenters. The van der Waals surface area contributed by atoms with E-state index in [0.717, 1.165) is 11.3 Å². The SMILES string of the molecule is Cc1ccc(NC(=O)CN(C)C(C)C(=O)Nc2cc(Cl)ccc2Cl)cc1. The highest BCUT2D eigenvalue weighted by Gasteiger charge is 2.21. The van der Waals surface area contributed by atoms with E-state index in [1.54, 1.807) is 37.1 Å². The number of carbonyl (C=O) groups is 2. The van der Waals surface area contributed by atoms with Crippen molar-refractivity contribution in [1.82, 2.24) is 4.90 Å². The van der Waals surface area contributed by atoms with Gasteiger partial charge in [-0.2, -0.15) is 0 Å². The first kappa shape index (κ1) is 20.2. The van der Waals surface area contributed by atoms with Crippen molar-refractivity contribution in [1.29, 1.82) is 0 Å². The second kappa shape index (κ2) is 9.03. The molecule has 2 rings (SSSR count). The Labute approximate surface area is 163 Å². The van der Waals surface area contributed by atoms with Crippen LogP contribution in [0.5, 0.6) is 0 Å². The number of nitrogens with one attached hydrogen (secondary N) is 2. The van der Waals surface area contributed by atoms with Gasteiger partial charge < -0.3 is 10.6 Å². The van der Waals surface area contributed by atoms with E-state index in [2.05, 4.69) is 10.6 Å². The number of likely N-dealkylation sites (N-methyl/N-ethyl adjacent to an activating group) is 1. The number of carbonyl (C=O) groups excluding carboxylic acids is 2. The minimum atomic E-state index is -0.534. The fourth-order valence-electron chi connectivity index (χ4n) is 2.23. The highest BCUT2D eigenvalue weighted by Crippen LogP contribution is 2.25. The van der Waals surface area contributed by atoms with E-state index in [1.807, 2.05) is 31.2 Å². The molecule has 0 spiro atoms. The second-order valence-corrected chi connectivity index (χ2v) is 6.96. The Morgan fingerprint density at radius 2 is 1.73 bits per heavy atom. The largest absolute Gasteiger partial charge is 0.325 e. The van der Waals surface area contributed by atoms with Crippen molar-refractivity contribution in [2.24, 2.45) is 0 Å². The normalized spacial score (nSPS) is 11.9. The lowest BCUT2D eigenvalue weighted by Crippen LogP contribution is -2.43. The Balaban J connectivity index is 1.92. The molecule has 1 atom stereocenters. The maximum absolute atomic E-state index is 12.4. The van der Waals surface area contributed by atoms with Gasteiger partial charge in [0, 0.05) is 10.7 Å². The highest BCUT2D eigenvalue weighted by molar-refractivity contribution is 6.35. The van der Waals surface area contributed by atoms with Gasteiger partial charge in [0.15, 0.2) is 0 Å². The molecular formula is C19H21Cl2N3O2. The quantitative estimate of drug-likeness (QED) is 0.772. The van der Waals surface area contributed by atoms with Crippen LogP contribution in [0.2, 0.25) is 10.0 Å². The van der Waals surface area contributed by atoms with Crippen LogP contribution in [-0.4, -0.2) is 36.3 Å². The summed E-state index contributed by atoms with van der Waals surface area (Å²) in [6.07, 6.45) is 0. The van der Waals surface area contributed by atoms with E-state index >= 15 is 0 Å². The maximum Gasteiger partial charge on any atom is 0.241 e. The fraction of sp³-hybridized carbons (Fsp3) is 0.263. The predicted molar refractivity (Wildman–Crippen MR) is 107 cm³/mol. The molecule has 7 heteroatoms. The molecule has 2 N–H and O–H groups in total. The van der Waals surface area contributed by atoms with Gasteiger partial charge in [0.05, 0.1) is 23.3 Å². The van der Waals surface area contributed by atoms with E-state index in [-0.39, 0.29) is 18.4 Å². The van der Waals surface area contributed by atoms with Crippen LogP contribution in [0.4, 0.5) is 11.4 Å². The van der Waals surface area contributed by atoms with E-state index in [0.29, 0.717) is 15.7 Å². The standard InChI is InChI=1S/C19H21Cl2N3O2/c1-12-4-7-15(8-5-12)22-18(25)11-24(3)13(2)19(26)23-17-10-14(20)6-9-16(17)21/h4-10,13H,11H2,1-3H3,(H,22,25)(H,23,26). The summed E-state index contributed by atoms with van der Waals surface area (Å²) in [6, 6.07) is 11.8. The highest BCUT2D eigenvalue weighted by atomic mass is 35.5. The van der Waals surface area contributed by atoms with Crippen LogP contribution in [-0.2, 0) is 9.59 Å². The molecule has 0 saturated carbocycles. The van der Waals surface area contributed by atoms with Crippen molar-refractivity contribution in [3.63, 3.8) is 0 Å². The number of aryl methyl sites for hydroxylation is 1. The van der Waals surface area contributed by atoms with Crippen molar-refractivity contribution in [2.45, 2.75) is 19.9 Å². The van der Waals surface area contributed by atoms with Crippen molar-refractivity contribution in [3.8, 4) is 0 Å². The summed E-state index contributed by atoms with van der Waals surface area (Å²) in [5.74, 6) is -0.475. The van der Waals surface area contributed by atoms with Crippen molar-refractivity contribution < 1.29 is 9.59 Å². The Kier molecular flexibility index (Phi) is 7.03. The van der Waals surface area contributed by atoms with E-state index in [1.165, 1.54) is 0 Å². The third-order valence-corrected chi connectivity index (χ3v) is 4.52. The first-order valence-corrected chi connectivity index (χ1v) is 8.84. The summed E-state index contributed by atoms with van der Waals surface area (Å²) < 4.78 is 0. The number of anilines is 2. The number of benzene rings is 2. The maximum atomic E-state index is 12.4. The van der Waals surface area contributed by atoms with Crippen LogP contribution in [0.1, 0.15) is 12.5 Å². The first-order valence-electron chi connectivity index (χ1n) is 8.09. The fourth-order valence-corrected chi connectivity index (χ4v) is 2.57. The van der Waals surface area contributed by atoms with Gasteiger partial charge in [-0.3, -0.25) is 14.5 Å². The Hall–Kier alpha value is -2.08. The average Bonchev–Trinajstić information content (AvgIpc) is 2.59. The van der Waals surface area contributed by atoms with Crippen LogP contribution >= 0.6 is 23.2 Å². The molecule has 138 valence electrons. The lowest BCUT2D eigenvalue weighted by atomic mass is 10.2. The second-order valence-electron chi connectivity index (χ2n) is 6.12. The van der Waals surface area contributed by atoms with Gasteiger partial charge in [-0.25, -0.2) is 0 Å². The zero-order valence-electron chi connectivity index (χ0n) is 14.8. The molecule has 0 aliphatic carbocycles. The van der Waals surface area contributed by atoms with Gasteiger partial charge in [-0.15, -0.1) is 0 Å². The van der Waals surface area contributed by atoms with Crippen LogP contribution in [0.3, 0.4) is 0 Å². The molecule has 0 fully saturated rings. The van der Waals surface area contributed by atoms with E-state index in [9.17, 15) is 9.59 Å². The predicted octanol–water partition coefficient (Wildman–Crippen LogP) is 4.20. The van der Waals surface area contributed by atoms with E-state index < -0.39 is 6.04 Å². The Bertz CT molecular complexity index is 794. The van der Waals surface area contributed by atoms with E-state index in [4.69, 9.17) is 23.2 Å². The summed E-state index contributed by atoms with van der Waals surface area (Å²) in [5, 5.41) is 6.41. The molecule has 0 bridgehead atoms. The third-order valence-electron chi connectivity index (χ3n) is 3.96. The van der Waals surface area contributed by atoms with Crippen LogP contribution in [0, 0.1) is 6.92 Å². The number of nitrogens with zero attached hydrogens (tertiary/aromatic N) is 1. The van der Waals surface area contributed by atoms with Crippen LogP contribution < -0.4 is 10.6 Å². The van der Waals surface area contributed by atoms with Crippen LogP contribution in [0.25, 0.3) is 0 Å². The minimum absolute atomic E-state index is 0.0751. The lowest BCUT2D eigenvalue weighted by Gasteiger charge is -2.23. The molecule has 0 saturated heterocycles. The number of amides is 2. The van der Waals surface area contributed by atoms with Gasteiger partial charge in [-0.1, -0.05) is 40.9 Å². The van der Waals surface area contributed by atoms with Gasteiger partial charge in [0.2, 0.25) is 11.8 Å². The number of halogens is 2. The first-order chi connectivity index (χ1) is 12.3. The van der Waals surface area contributed by atoms with Gasteiger partial charge in [0.1, 0.15) is 0 Å². The Morgan fingerprint density at radius 1 is 1.08 bits per heavy atom. The smallest absolute Gasteiger partial charge is 0.241 e. The minimum Gasteiger partial charge on any atom is -0.325 e. The summed E-state index contributed by atoms with van der Waals surface area (Å²) >= 11 is 12.0. The van der Waals surface area contributed by atoms with Crippen molar-refractivity contribution in [3.05, 3.63) is 58.1 Å². The molecular weight excluding hydrogens is 373 g/mol. The molecule has 0 heterocycles. The van der Waals surface area contributed by atoms with Crippen LogP contribution in [0.15, 0.2) is 42.5 Å². The van der Waals surface area contributed by atoms with Crippen molar-refractivity contribution in [2.75, 3.05) is 24.2 Å². The monoisotopic (exact) mass is 393 g/mol. The topological polar surface area (TPSA) is 61.4 Å². The zero-order chi connectivity index (χ0) is 19.3. The molecule has 0 radical (unpaired) electrons. The molecule has 2 amide bonds. The van der Waals surface area contributed by atoms with Crippen molar-refractivity contribution >= 4 is 46.4 Å². The number of hydrogen-bond donors (Lipinski definition) is 2. The molecule has 2 aromatic rings. The Morgan fingerprint density at radius 3 is 2.38 bits per heavy atom. The molecule has 0 aromatic heterocycles. The molecule has 26 heavy (non-hydrogen) atoms. The summed E-state index contributed by atoms with van der Waals surface area (Å²) in [7, 11) is 1.71. The molecule has 0 aliphatic heterocycles. The third kappa shape index (κ3) is 5.73.